The van der Waals surface area contributed by atoms with E-state index in [1.54, 1.807) is 6.20 Å². The minimum Gasteiger partial charge on any atom is -0.444 e. The Morgan fingerprint density at radius 2 is 1.80 bits per heavy atom. The smallest absolute Gasteiger partial charge is 0.407 e. The molecule has 0 aliphatic rings. The summed E-state index contributed by atoms with van der Waals surface area (Å²) < 4.78 is 5.14. The molecule has 2 rings (SSSR count). The fraction of sp³-hybridized carbons (Fsp3) is 0.421. The number of benzene rings is 1. The Kier molecular flexibility index (Phi) is 6.33. The summed E-state index contributed by atoms with van der Waals surface area (Å²) in [6.07, 6.45) is 2.21. The molecule has 25 heavy (non-hydrogen) atoms. The molecule has 0 aliphatic carbocycles. The number of hydrogen-bond donors (Lipinski definition) is 2. The summed E-state index contributed by atoms with van der Waals surface area (Å²) in [5, 5.41) is 6.55. The summed E-state index contributed by atoms with van der Waals surface area (Å²) in [6, 6.07) is 9.68. The zero-order valence-corrected chi connectivity index (χ0v) is 15.0. The lowest BCUT2D eigenvalue weighted by Crippen LogP contribution is -2.34. The van der Waals surface area contributed by atoms with Crippen molar-refractivity contribution in [2.75, 3.05) is 13.1 Å². The van der Waals surface area contributed by atoms with Gasteiger partial charge in [-0.15, -0.1) is 0 Å². The number of carbonyl (C=O) groups excluding carboxylic acids is 2. The number of pyridine rings is 1. The first-order valence-electron chi connectivity index (χ1n) is 8.41. The second-order valence-corrected chi connectivity index (χ2v) is 6.80. The Hall–Kier alpha value is -2.63. The van der Waals surface area contributed by atoms with E-state index >= 15 is 0 Å². The molecular formula is C19H25N3O3. The van der Waals surface area contributed by atoms with Gasteiger partial charge in [0, 0.05) is 24.7 Å². The molecule has 1 aromatic carbocycles. The van der Waals surface area contributed by atoms with Crippen LogP contribution in [0.2, 0.25) is 0 Å². The van der Waals surface area contributed by atoms with Crippen LogP contribution < -0.4 is 10.6 Å². The van der Waals surface area contributed by atoms with Gasteiger partial charge in [0.15, 0.2) is 0 Å². The quantitative estimate of drug-likeness (QED) is 0.791. The van der Waals surface area contributed by atoms with Gasteiger partial charge in [-0.3, -0.25) is 9.78 Å². The van der Waals surface area contributed by atoms with E-state index in [4.69, 9.17) is 4.74 Å². The van der Waals surface area contributed by atoms with Gasteiger partial charge in [0.1, 0.15) is 5.60 Å². The second kappa shape index (κ2) is 8.46. The maximum absolute atomic E-state index is 12.1. The number of aromatic nitrogens is 1. The number of amides is 2. The van der Waals surface area contributed by atoms with Gasteiger partial charge in [-0.05, 0) is 38.8 Å². The van der Waals surface area contributed by atoms with E-state index in [1.165, 1.54) is 0 Å². The normalized spacial score (nSPS) is 11.2. The van der Waals surface area contributed by atoms with Gasteiger partial charge in [-0.2, -0.15) is 0 Å². The molecule has 1 aromatic heterocycles. The van der Waals surface area contributed by atoms with E-state index in [9.17, 15) is 9.59 Å². The first kappa shape index (κ1) is 18.7. The number of alkyl carbamates (subject to hydrolysis) is 1. The lowest BCUT2D eigenvalue weighted by molar-refractivity contribution is -0.120. The van der Waals surface area contributed by atoms with E-state index in [2.05, 4.69) is 15.6 Å². The summed E-state index contributed by atoms with van der Waals surface area (Å²) in [7, 11) is 0. The zero-order valence-electron chi connectivity index (χ0n) is 15.0. The van der Waals surface area contributed by atoms with Crippen LogP contribution in [0.5, 0.6) is 0 Å². The third-order valence-electron chi connectivity index (χ3n) is 3.41. The molecule has 0 atom stereocenters. The lowest BCUT2D eigenvalue weighted by Gasteiger charge is -2.19. The van der Waals surface area contributed by atoms with Crippen LogP contribution >= 0.6 is 0 Å². The van der Waals surface area contributed by atoms with Crippen molar-refractivity contribution in [3.8, 4) is 0 Å². The van der Waals surface area contributed by atoms with Crippen LogP contribution in [0.1, 0.15) is 32.8 Å². The summed E-state index contributed by atoms with van der Waals surface area (Å²) >= 11 is 0. The maximum atomic E-state index is 12.1. The predicted octanol–water partition coefficient (Wildman–Crippen LogP) is 2.81. The molecule has 2 amide bonds. The van der Waals surface area contributed by atoms with Crippen molar-refractivity contribution in [3.63, 3.8) is 0 Å². The van der Waals surface area contributed by atoms with E-state index in [0.29, 0.717) is 19.5 Å². The molecule has 134 valence electrons. The molecule has 0 saturated carbocycles. The molecule has 0 saturated heterocycles. The number of nitrogens with zero attached hydrogens (tertiary/aromatic N) is 1. The number of para-hydroxylation sites is 1. The molecule has 2 aromatic rings. The molecule has 0 unspecified atom stereocenters. The zero-order chi connectivity index (χ0) is 18.3. The van der Waals surface area contributed by atoms with E-state index in [-0.39, 0.29) is 12.3 Å². The van der Waals surface area contributed by atoms with Crippen LogP contribution in [-0.4, -0.2) is 35.7 Å². The Balaban J connectivity index is 1.72. The Morgan fingerprint density at radius 1 is 1.08 bits per heavy atom. The predicted molar refractivity (Wildman–Crippen MR) is 97.3 cm³/mol. The van der Waals surface area contributed by atoms with Crippen molar-refractivity contribution < 1.29 is 14.3 Å². The highest BCUT2D eigenvalue weighted by Gasteiger charge is 2.15. The number of ether oxygens (including phenoxy) is 1. The van der Waals surface area contributed by atoms with Gasteiger partial charge < -0.3 is 15.4 Å². The first-order chi connectivity index (χ1) is 11.8. The van der Waals surface area contributed by atoms with Crippen molar-refractivity contribution in [2.45, 2.75) is 39.2 Å². The van der Waals surface area contributed by atoms with Crippen molar-refractivity contribution in [3.05, 3.63) is 42.1 Å². The first-order valence-corrected chi connectivity index (χ1v) is 8.41. The lowest BCUT2D eigenvalue weighted by atomic mass is 10.1. The fourth-order valence-electron chi connectivity index (χ4n) is 2.37. The molecule has 1 heterocycles. The van der Waals surface area contributed by atoms with Gasteiger partial charge >= 0.3 is 6.09 Å². The largest absolute Gasteiger partial charge is 0.444 e. The Labute approximate surface area is 148 Å². The molecular weight excluding hydrogens is 318 g/mol. The van der Waals surface area contributed by atoms with Crippen molar-refractivity contribution in [1.29, 1.82) is 0 Å². The summed E-state index contributed by atoms with van der Waals surface area (Å²) in [5.41, 5.74) is 1.25. The van der Waals surface area contributed by atoms with Crippen molar-refractivity contribution in [1.82, 2.24) is 15.6 Å². The number of fused-ring (bicyclic) bond motifs is 1. The third kappa shape index (κ3) is 6.41. The van der Waals surface area contributed by atoms with Crippen LogP contribution in [0.3, 0.4) is 0 Å². The van der Waals surface area contributed by atoms with Gasteiger partial charge in [-0.1, -0.05) is 24.3 Å². The molecule has 6 nitrogen and oxygen atoms in total. The summed E-state index contributed by atoms with van der Waals surface area (Å²) in [4.78, 5) is 27.9. The van der Waals surface area contributed by atoms with Crippen LogP contribution in [0, 0.1) is 0 Å². The Bertz CT molecular complexity index is 733. The topological polar surface area (TPSA) is 80.3 Å². The molecule has 0 aliphatic heterocycles. The van der Waals surface area contributed by atoms with Crippen LogP contribution in [-0.2, 0) is 16.0 Å². The highest BCUT2D eigenvalue weighted by molar-refractivity contribution is 5.87. The molecule has 0 radical (unpaired) electrons. The SMILES string of the molecule is CC(C)(C)OC(=O)NCCCNC(=O)Cc1cccc2cccnc12. The average molecular weight is 343 g/mol. The molecule has 0 fully saturated rings. The minimum atomic E-state index is -0.509. The van der Waals surface area contributed by atoms with Gasteiger partial charge in [0.2, 0.25) is 5.91 Å². The Morgan fingerprint density at radius 3 is 2.56 bits per heavy atom. The maximum Gasteiger partial charge on any atom is 0.407 e. The summed E-state index contributed by atoms with van der Waals surface area (Å²) in [6.45, 7) is 6.39. The van der Waals surface area contributed by atoms with Crippen molar-refractivity contribution >= 4 is 22.9 Å². The minimum absolute atomic E-state index is 0.0598. The van der Waals surface area contributed by atoms with Gasteiger partial charge in [-0.25, -0.2) is 4.79 Å². The van der Waals surface area contributed by atoms with E-state index in [1.807, 2.05) is 51.1 Å². The van der Waals surface area contributed by atoms with Crippen LogP contribution in [0.25, 0.3) is 10.9 Å². The van der Waals surface area contributed by atoms with E-state index in [0.717, 1.165) is 16.5 Å². The monoisotopic (exact) mass is 343 g/mol. The summed E-state index contributed by atoms with van der Waals surface area (Å²) in [5.74, 6) is -0.0598. The van der Waals surface area contributed by atoms with E-state index < -0.39 is 11.7 Å². The second-order valence-electron chi connectivity index (χ2n) is 6.80. The number of nitrogens with one attached hydrogen (secondary N) is 2. The third-order valence-corrected chi connectivity index (χ3v) is 3.41. The number of carbonyl (C=O) groups is 2. The fourth-order valence-corrected chi connectivity index (χ4v) is 2.37. The highest BCUT2D eigenvalue weighted by Crippen LogP contribution is 2.16. The van der Waals surface area contributed by atoms with Crippen LogP contribution in [0.15, 0.2) is 36.5 Å². The van der Waals surface area contributed by atoms with Crippen LogP contribution in [0.4, 0.5) is 4.79 Å². The molecule has 2 N–H and O–H groups in total. The van der Waals surface area contributed by atoms with Gasteiger partial charge in [0.05, 0.1) is 11.9 Å². The van der Waals surface area contributed by atoms with Crippen molar-refractivity contribution in [2.24, 2.45) is 0 Å². The molecule has 0 bridgehead atoms. The molecule has 6 heteroatoms. The molecule has 0 spiro atoms. The highest BCUT2D eigenvalue weighted by atomic mass is 16.6. The average Bonchev–Trinajstić information content (AvgIpc) is 2.53. The number of rotatable bonds is 6. The van der Waals surface area contributed by atoms with Gasteiger partial charge in [0.25, 0.3) is 0 Å². The number of hydrogen-bond acceptors (Lipinski definition) is 4. The standard InChI is InChI=1S/C19H25N3O3/c1-19(2,3)25-18(24)22-12-6-11-20-16(23)13-15-8-4-7-14-9-5-10-21-17(14)15/h4-5,7-10H,6,11-13H2,1-3H3,(H,20,23)(H,22,24).